The Labute approximate surface area is 114 Å². The summed E-state index contributed by atoms with van der Waals surface area (Å²) in [5, 5.41) is 9.75. The summed E-state index contributed by atoms with van der Waals surface area (Å²) in [6, 6.07) is -0.146. The molecule has 0 aliphatic carbocycles. The topological polar surface area (TPSA) is 110 Å². The van der Waals surface area contributed by atoms with Crippen molar-refractivity contribution in [2.45, 2.75) is 30.1 Å². The second kappa shape index (κ2) is 5.90. The van der Waals surface area contributed by atoms with Crippen LogP contribution in [0.4, 0.5) is 5.13 Å². The number of carbonyl (C=O) groups excluding carboxylic acids is 1. The summed E-state index contributed by atoms with van der Waals surface area (Å²) >= 11 is 0.821. The number of hydrogen-bond acceptors (Lipinski definition) is 7. The number of aromatic nitrogens is 2. The molecular formula is C9H14N4O4S2. The highest BCUT2D eigenvalue weighted by Gasteiger charge is 2.25. The summed E-state index contributed by atoms with van der Waals surface area (Å²) in [5.74, 6) is -0.322. The molecule has 0 unspecified atom stereocenters. The maximum absolute atomic E-state index is 12.0. The fraction of sp³-hybridized carbons (Fsp3) is 0.667. The molecular weight excluding hydrogens is 292 g/mol. The molecule has 0 spiro atoms. The molecule has 1 saturated heterocycles. The van der Waals surface area contributed by atoms with Crippen LogP contribution >= 0.6 is 11.3 Å². The lowest BCUT2D eigenvalue weighted by molar-refractivity contribution is -0.114. The smallest absolute Gasteiger partial charge is 0.270 e. The normalized spacial score (nSPS) is 17.3. The van der Waals surface area contributed by atoms with Gasteiger partial charge in [-0.1, -0.05) is 11.3 Å². The Balaban J connectivity index is 2.06. The number of hydrogen-bond donors (Lipinski definition) is 2. The predicted octanol–water partition coefficient (Wildman–Crippen LogP) is -0.0462. The zero-order valence-electron chi connectivity index (χ0n) is 10.2. The quantitative estimate of drug-likeness (QED) is 0.755. The third kappa shape index (κ3) is 3.93. The van der Waals surface area contributed by atoms with Crippen molar-refractivity contribution in [1.29, 1.82) is 0 Å². The fourth-order valence-corrected chi connectivity index (χ4v) is 3.87. The number of anilines is 1. The van der Waals surface area contributed by atoms with Gasteiger partial charge in [-0.2, -0.15) is 0 Å². The zero-order chi connectivity index (χ0) is 13.9. The number of rotatable bonds is 4. The number of nitrogens with zero attached hydrogens (tertiary/aromatic N) is 2. The van der Waals surface area contributed by atoms with Gasteiger partial charge in [0.1, 0.15) is 0 Å². The number of nitrogens with one attached hydrogen (secondary N) is 2. The molecule has 2 rings (SSSR count). The van der Waals surface area contributed by atoms with Crippen LogP contribution in [0.1, 0.15) is 19.8 Å². The van der Waals surface area contributed by atoms with Crippen LogP contribution in [0.25, 0.3) is 0 Å². The Morgan fingerprint density at radius 1 is 1.37 bits per heavy atom. The summed E-state index contributed by atoms with van der Waals surface area (Å²) < 4.78 is 31.7. The Bertz CT molecular complexity index is 550. The second-order valence-electron chi connectivity index (χ2n) is 4.06. The van der Waals surface area contributed by atoms with E-state index in [1.54, 1.807) is 0 Å². The lowest BCUT2D eigenvalue weighted by atomic mass is 10.1. The highest BCUT2D eigenvalue weighted by atomic mass is 32.2. The third-order valence-electron chi connectivity index (χ3n) is 2.46. The van der Waals surface area contributed by atoms with Gasteiger partial charge in [0.25, 0.3) is 10.0 Å². The Kier molecular flexibility index (Phi) is 4.45. The maximum Gasteiger partial charge on any atom is 0.270 e. The van der Waals surface area contributed by atoms with Crippen LogP contribution < -0.4 is 10.0 Å². The van der Waals surface area contributed by atoms with E-state index in [0.29, 0.717) is 26.1 Å². The monoisotopic (exact) mass is 306 g/mol. The fourth-order valence-electron chi connectivity index (χ4n) is 1.60. The minimum absolute atomic E-state index is 0.146. The van der Waals surface area contributed by atoms with Crippen molar-refractivity contribution in [2.75, 3.05) is 18.5 Å². The molecule has 0 aromatic carbocycles. The number of amides is 1. The zero-order valence-corrected chi connectivity index (χ0v) is 11.9. The summed E-state index contributed by atoms with van der Waals surface area (Å²) in [7, 11) is -3.69. The Morgan fingerprint density at radius 3 is 2.68 bits per heavy atom. The van der Waals surface area contributed by atoms with E-state index in [2.05, 4.69) is 20.2 Å². The van der Waals surface area contributed by atoms with Crippen molar-refractivity contribution in [3.05, 3.63) is 0 Å². The molecule has 0 saturated carbocycles. The van der Waals surface area contributed by atoms with E-state index >= 15 is 0 Å². The molecule has 10 heteroatoms. The van der Waals surface area contributed by atoms with E-state index < -0.39 is 10.0 Å². The lowest BCUT2D eigenvalue weighted by Gasteiger charge is -2.22. The van der Waals surface area contributed by atoms with Gasteiger partial charge in [0.15, 0.2) is 0 Å². The van der Waals surface area contributed by atoms with E-state index in [4.69, 9.17) is 4.74 Å². The first-order valence-corrected chi connectivity index (χ1v) is 7.98. The molecule has 106 valence electrons. The predicted molar refractivity (Wildman–Crippen MR) is 68.4 cm³/mol. The molecule has 1 aromatic heterocycles. The van der Waals surface area contributed by atoms with E-state index in [9.17, 15) is 13.2 Å². The standard InChI is InChI=1S/C9H14N4O4S2/c1-6(14)10-8-11-12-9(18-8)19(15,16)13-7-2-4-17-5-3-7/h7,13H,2-5H2,1H3,(H,10,11,14). The van der Waals surface area contributed by atoms with Crippen LogP contribution in [-0.4, -0.2) is 43.8 Å². The van der Waals surface area contributed by atoms with E-state index in [-0.39, 0.29) is 21.4 Å². The molecule has 1 aliphatic rings. The molecule has 19 heavy (non-hydrogen) atoms. The molecule has 1 fully saturated rings. The van der Waals surface area contributed by atoms with E-state index in [1.807, 2.05) is 0 Å². The van der Waals surface area contributed by atoms with Gasteiger partial charge < -0.3 is 10.1 Å². The third-order valence-corrected chi connectivity index (χ3v) is 5.19. The van der Waals surface area contributed by atoms with Gasteiger partial charge in [-0.3, -0.25) is 4.79 Å². The lowest BCUT2D eigenvalue weighted by Crippen LogP contribution is -2.38. The van der Waals surface area contributed by atoms with Gasteiger partial charge >= 0.3 is 0 Å². The van der Waals surface area contributed by atoms with Gasteiger partial charge in [-0.05, 0) is 12.8 Å². The van der Waals surface area contributed by atoms with Crippen LogP contribution in [0, 0.1) is 0 Å². The molecule has 2 heterocycles. The first-order chi connectivity index (χ1) is 8.97. The van der Waals surface area contributed by atoms with Gasteiger partial charge in [0.2, 0.25) is 15.4 Å². The van der Waals surface area contributed by atoms with Crippen molar-refractivity contribution in [3.8, 4) is 0 Å². The summed E-state index contributed by atoms with van der Waals surface area (Å²) in [4.78, 5) is 10.8. The number of sulfonamides is 1. The van der Waals surface area contributed by atoms with E-state index in [0.717, 1.165) is 11.3 Å². The van der Waals surface area contributed by atoms with Crippen LogP contribution in [0.2, 0.25) is 0 Å². The summed E-state index contributed by atoms with van der Waals surface area (Å²) in [5.41, 5.74) is 0. The van der Waals surface area contributed by atoms with E-state index in [1.165, 1.54) is 6.92 Å². The summed E-state index contributed by atoms with van der Waals surface area (Å²) in [6.45, 7) is 2.40. The Morgan fingerprint density at radius 2 is 2.05 bits per heavy atom. The molecule has 1 amide bonds. The molecule has 1 aliphatic heterocycles. The van der Waals surface area contributed by atoms with Crippen LogP contribution in [-0.2, 0) is 19.6 Å². The van der Waals surface area contributed by atoms with Crippen molar-refractivity contribution < 1.29 is 17.9 Å². The minimum atomic E-state index is -3.69. The number of carbonyl (C=O) groups is 1. The van der Waals surface area contributed by atoms with Gasteiger partial charge in [0, 0.05) is 26.2 Å². The maximum atomic E-state index is 12.0. The molecule has 0 radical (unpaired) electrons. The second-order valence-corrected chi connectivity index (χ2v) is 6.93. The molecule has 1 aromatic rings. The molecule has 0 atom stereocenters. The molecule has 2 N–H and O–H groups in total. The van der Waals surface area contributed by atoms with Crippen molar-refractivity contribution in [2.24, 2.45) is 0 Å². The van der Waals surface area contributed by atoms with Crippen molar-refractivity contribution in [3.63, 3.8) is 0 Å². The summed E-state index contributed by atoms with van der Waals surface area (Å²) in [6.07, 6.45) is 1.27. The Hall–Kier alpha value is -1.10. The van der Waals surface area contributed by atoms with Crippen LogP contribution in [0.5, 0.6) is 0 Å². The molecule has 8 nitrogen and oxygen atoms in total. The highest BCUT2D eigenvalue weighted by Crippen LogP contribution is 2.20. The number of ether oxygens (including phenoxy) is 1. The highest BCUT2D eigenvalue weighted by molar-refractivity contribution is 7.91. The van der Waals surface area contributed by atoms with Gasteiger partial charge in [-0.15, -0.1) is 10.2 Å². The van der Waals surface area contributed by atoms with Crippen molar-refractivity contribution in [1.82, 2.24) is 14.9 Å². The largest absolute Gasteiger partial charge is 0.381 e. The van der Waals surface area contributed by atoms with Crippen LogP contribution in [0.3, 0.4) is 0 Å². The van der Waals surface area contributed by atoms with Crippen molar-refractivity contribution >= 4 is 32.4 Å². The minimum Gasteiger partial charge on any atom is -0.381 e. The average Bonchev–Trinajstić information content (AvgIpc) is 2.78. The average molecular weight is 306 g/mol. The first kappa shape index (κ1) is 14.3. The molecule has 0 bridgehead atoms. The SMILES string of the molecule is CC(=O)Nc1nnc(S(=O)(=O)NC2CCOCC2)s1. The van der Waals surface area contributed by atoms with Gasteiger partial charge in [0.05, 0.1) is 0 Å². The first-order valence-electron chi connectivity index (χ1n) is 5.68. The van der Waals surface area contributed by atoms with Crippen LogP contribution in [0.15, 0.2) is 4.34 Å². The van der Waals surface area contributed by atoms with Gasteiger partial charge in [-0.25, -0.2) is 13.1 Å².